The Labute approximate surface area is 92.6 Å². The lowest BCUT2D eigenvalue weighted by Gasteiger charge is -2.02. The Bertz CT molecular complexity index is 325. The molecule has 0 amide bonds. The first-order chi connectivity index (χ1) is 7.24. The van der Waals surface area contributed by atoms with Crippen LogP contribution >= 0.6 is 11.3 Å². The van der Waals surface area contributed by atoms with Gasteiger partial charge in [-0.3, -0.25) is 0 Å². The van der Waals surface area contributed by atoms with E-state index >= 15 is 0 Å². The summed E-state index contributed by atoms with van der Waals surface area (Å²) in [6, 6.07) is 0. The highest BCUT2D eigenvalue weighted by Gasteiger charge is 2.01. The largest absolute Gasteiger partial charge is 0.409 e. The summed E-state index contributed by atoms with van der Waals surface area (Å²) >= 11 is 1.64. The SMILES string of the molecule is Cc1ncsc1CCOCC/C(N)=N/O. The first kappa shape index (κ1) is 11.9. The Kier molecular flexibility index (Phi) is 5.06. The summed E-state index contributed by atoms with van der Waals surface area (Å²) < 4.78 is 5.34. The Balaban J connectivity index is 2.10. The van der Waals surface area contributed by atoms with Crippen molar-refractivity contribution in [3.05, 3.63) is 16.1 Å². The van der Waals surface area contributed by atoms with Gasteiger partial charge in [0, 0.05) is 17.7 Å². The van der Waals surface area contributed by atoms with Gasteiger partial charge in [-0.1, -0.05) is 5.16 Å². The second-order valence-corrected chi connectivity index (χ2v) is 4.00. The number of aryl methyl sites for hydroxylation is 1. The van der Waals surface area contributed by atoms with Gasteiger partial charge in [0.2, 0.25) is 0 Å². The van der Waals surface area contributed by atoms with Crippen molar-refractivity contribution in [3.63, 3.8) is 0 Å². The third-order valence-corrected chi connectivity index (χ3v) is 2.94. The van der Waals surface area contributed by atoms with Crippen LogP contribution in [0.25, 0.3) is 0 Å². The number of nitrogens with zero attached hydrogens (tertiary/aromatic N) is 2. The molecular formula is C9H15N3O2S. The number of nitrogens with two attached hydrogens (primary N) is 1. The molecule has 0 aliphatic rings. The minimum Gasteiger partial charge on any atom is -0.409 e. The van der Waals surface area contributed by atoms with Gasteiger partial charge in [0.1, 0.15) is 5.84 Å². The number of oxime groups is 1. The van der Waals surface area contributed by atoms with Crippen molar-refractivity contribution in [1.29, 1.82) is 0 Å². The van der Waals surface area contributed by atoms with Crippen molar-refractivity contribution in [3.8, 4) is 0 Å². The Hall–Kier alpha value is -1.14. The van der Waals surface area contributed by atoms with Gasteiger partial charge in [0.25, 0.3) is 0 Å². The van der Waals surface area contributed by atoms with Crippen molar-refractivity contribution >= 4 is 17.2 Å². The molecule has 5 nitrogen and oxygen atoms in total. The highest BCUT2D eigenvalue weighted by molar-refractivity contribution is 7.09. The molecule has 84 valence electrons. The van der Waals surface area contributed by atoms with Gasteiger partial charge in [-0.15, -0.1) is 11.3 Å². The highest BCUT2D eigenvalue weighted by atomic mass is 32.1. The maximum absolute atomic E-state index is 8.28. The normalized spacial score (nSPS) is 11.9. The van der Waals surface area contributed by atoms with Crippen molar-refractivity contribution in [2.45, 2.75) is 19.8 Å². The third kappa shape index (κ3) is 4.26. The van der Waals surface area contributed by atoms with Crippen LogP contribution < -0.4 is 5.73 Å². The monoisotopic (exact) mass is 229 g/mol. The second kappa shape index (κ2) is 6.36. The molecule has 0 fully saturated rings. The van der Waals surface area contributed by atoms with Crippen molar-refractivity contribution in [2.75, 3.05) is 13.2 Å². The molecule has 0 aromatic carbocycles. The zero-order chi connectivity index (χ0) is 11.1. The van der Waals surface area contributed by atoms with Crippen LogP contribution in [-0.4, -0.2) is 29.2 Å². The lowest BCUT2D eigenvalue weighted by atomic mass is 10.3. The van der Waals surface area contributed by atoms with E-state index in [1.54, 1.807) is 11.3 Å². The molecule has 0 bridgehead atoms. The van der Waals surface area contributed by atoms with Crippen LogP contribution in [0.3, 0.4) is 0 Å². The zero-order valence-electron chi connectivity index (χ0n) is 8.64. The number of aromatic nitrogens is 1. The molecule has 1 aromatic rings. The topological polar surface area (TPSA) is 80.7 Å². The molecule has 1 aromatic heterocycles. The fourth-order valence-corrected chi connectivity index (χ4v) is 1.82. The standard InChI is InChI=1S/C9H15N3O2S/c1-7-8(15-6-11-7)2-4-14-5-3-9(10)12-13/h6,13H,2-5H2,1H3,(H2,10,12). The summed E-state index contributed by atoms with van der Waals surface area (Å²) in [5.41, 5.74) is 8.19. The Morgan fingerprint density at radius 1 is 1.67 bits per heavy atom. The second-order valence-electron chi connectivity index (χ2n) is 3.06. The van der Waals surface area contributed by atoms with Gasteiger partial charge in [0.15, 0.2) is 0 Å². The average Bonchev–Trinajstić information content (AvgIpc) is 2.63. The third-order valence-electron chi connectivity index (χ3n) is 1.95. The van der Waals surface area contributed by atoms with Crippen LogP contribution in [0, 0.1) is 6.92 Å². The highest BCUT2D eigenvalue weighted by Crippen LogP contribution is 2.12. The van der Waals surface area contributed by atoms with E-state index in [-0.39, 0.29) is 5.84 Å². The van der Waals surface area contributed by atoms with E-state index in [2.05, 4.69) is 10.1 Å². The molecule has 0 atom stereocenters. The van der Waals surface area contributed by atoms with Crippen molar-refractivity contribution in [2.24, 2.45) is 10.9 Å². The van der Waals surface area contributed by atoms with Crippen LogP contribution in [0.15, 0.2) is 10.7 Å². The quantitative estimate of drug-likeness (QED) is 0.252. The van der Waals surface area contributed by atoms with E-state index in [1.807, 2.05) is 12.4 Å². The molecule has 1 rings (SSSR count). The minimum atomic E-state index is 0.198. The number of hydrogen-bond acceptors (Lipinski definition) is 5. The van der Waals surface area contributed by atoms with Gasteiger partial charge in [-0.05, 0) is 6.92 Å². The van der Waals surface area contributed by atoms with Gasteiger partial charge >= 0.3 is 0 Å². The number of hydrogen-bond donors (Lipinski definition) is 2. The molecule has 0 spiro atoms. The average molecular weight is 229 g/mol. The molecule has 15 heavy (non-hydrogen) atoms. The number of rotatable bonds is 6. The zero-order valence-corrected chi connectivity index (χ0v) is 9.46. The summed E-state index contributed by atoms with van der Waals surface area (Å²) in [4.78, 5) is 5.40. The summed E-state index contributed by atoms with van der Waals surface area (Å²) in [6.45, 7) is 3.11. The molecule has 0 aliphatic heterocycles. The number of amidine groups is 1. The van der Waals surface area contributed by atoms with Gasteiger partial charge in [-0.2, -0.15) is 0 Å². The molecule has 0 radical (unpaired) electrons. The molecule has 0 unspecified atom stereocenters. The van der Waals surface area contributed by atoms with E-state index < -0.39 is 0 Å². The predicted molar refractivity (Wildman–Crippen MR) is 59.4 cm³/mol. The molecule has 6 heteroatoms. The summed E-state index contributed by atoms with van der Waals surface area (Å²) in [6.07, 6.45) is 1.32. The smallest absolute Gasteiger partial charge is 0.141 e. The molecule has 1 heterocycles. The summed E-state index contributed by atoms with van der Waals surface area (Å²) in [5.74, 6) is 0.198. The van der Waals surface area contributed by atoms with Gasteiger partial charge < -0.3 is 15.7 Å². The van der Waals surface area contributed by atoms with E-state index in [0.29, 0.717) is 19.6 Å². The summed E-state index contributed by atoms with van der Waals surface area (Å²) in [5, 5.41) is 11.1. The number of ether oxygens (including phenoxy) is 1. The van der Waals surface area contributed by atoms with E-state index in [0.717, 1.165) is 12.1 Å². The van der Waals surface area contributed by atoms with Crippen LogP contribution in [0.2, 0.25) is 0 Å². The molecule has 3 N–H and O–H groups in total. The van der Waals surface area contributed by atoms with E-state index in [9.17, 15) is 0 Å². The van der Waals surface area contributed by atoms with Crippen LogP contribution in [0.4, 0.5) is 0 Å². The van der Waals surface area contributed by atoms with Crippen molar-refractivity contribution < 1.29 is 9.94 Å². The minimum absolute atomic E-state index is 0.198. The first-order valence-electron chi connectivity index (χ1n) is 4.67. The van der Waals surface area contributed by atoms with Crippen LogP contribution in [-0.2, 0) is 11.2 Å². The fraction of sp³-hybridized carbons (Fsp3) is 0.556. The Morgan fingerprint density at radius 2 is 2.47 bits per heavy atom. The lowest BCUT2D eigenvalue weighted by molar-refractivity contribution is 0.144. The maximum atomic E-state index is 8.28. The molecular weight excluding hydrogens is 214 g/mol. The van der Waals surface area contributed by atoms with E-state index in [4.69, 9.17) is 15.7 Å². The first-order valence-corrected chi connectivity index (χ1v) is 5.55. The van der Waals surface area contributed by atoms with Crippen molar-refractivity contribution in [1.82, 2.24) is 4.98 Å². The molecule has 0 saturated carbocycles. The number of thiazole rings is 1. The van der Waals surface area contributed by atoms with Gasteiger partial charge in [0.05, 0.1) is 24.4 Å². The van der Waals surface area contributed by atoms with Crippen LogP contribution in [0.1, 0.15) is 17.0 Å². The maximum Gasteiger partial charge on any atom is 0.141 e. The predicted octanol–water partition coefficient (Wildman–Crippen LogP) is 1.15. The molecule has 0 saturated heterocycles. The Morgan fingerprint density at radius 3 is 3.07 bits per heavy atom. The fourth-order valence-electron chi connectivity index (χ4n) is 1.06. The van der Waals surface area contributed by atoms with E-state index in [1.165, 1.54) is 4.88 Å². The van der Waals surface area contributed by atoms with Crippen LogP contribution in [0.5, 0.6) is 0 Å². The molecule has 0 aliphatic carbocycles. The lowest BCUT2D eigenvalue weighted by Crippen LogP contribution is -2.14. The summed E-state index contributed by atoms with van der Waals surface area (Å²) in [7, 11) is 0. The van der Waals surface area contributed by atoms with Gasteiger partial charge in [-0.25, -0.2) is 4.98 Å².